The SMILES string of the molecule is C=CCOC(=O)[C@@H]1[C@H]2C(=O)O[C@H](c3ccccc3)[C@H](c3ccccc3)N2[C@H](c2ccc(OCCOC(=O)[C@@H]3C[C@@H]4C(=O)N5CCC[C@H]5C(=O)N4[C@@H]3c3ccc(O)cc3)cc2)[C@@]12C(=O)Nc1ccccc12. The molecule has 2 N–H and O–H groups in total. The maximum Gasteiger partial charge on any atom is 0.325 e. The highest BCUT2D eigenvalue weighted by atomic mass is 16.6. The van der Waals surface area contributed by atoms with E-state index >= 15 is 4.79 Å². The van der Waals surface area contributed by atoms with Crippen LogP contribution in [0.1, 0.15) is 71.3 Å². The molecule has 11 rings (SSSR count). The molecule has 356 valence electrons. The number of esters is 3. The van der Waals surface area contributed by atoms with Gasteiger partial charge in [0.25, 0.3) is 0 Å². The Balaban J connectivity index is 0.902. The van der Waals surface area contributed by atoms with Crippen LogP contribution >= 0.6 is 0 Å². The maximum absolute atomic E-state index is 15.1. The Morgan fingerprint density at radius 1 is 0.729 bits per heavy atom. The fraction of sp³-hybridized carbons (Fsp3) is 0.309. The molecule has 0 unspecified atom stereocenters. The van der Waals surface area contributed by atoms with Gasteiger partial charge in [-0.3, -0.25) is 33.7 Å². The third-order valence-electron chi connectivity index (χ3n) is 15.0. The molecular weight excluding hydrogens is 893 g/mol. The number of aromatic hydroxyl groups is 1. The zero-order chi connectivity index (χ0) is 48.3. The minimum atomic E-state index is -1.69. The van der Waals surface area contributed by atoms with Crippen molar-refractivity contribution in [3.05, 3.63) is 174 Å². The maximum atomic E-state index is 15.1. The molecule has 0 saturated carbocycles. The average Bonchev–Trinajstić information content (AvgIpc) is 4.18. The number of nitrogens with zero attached hydrogens (tertiary/aromatic N) is 3. The third-order valence-corrected chi connectivity index (χ3v) is 15.0. The number of nitrogens with one attached hydrogen (secondary N) is 1. The van der Waals surface area contributed by atoms with Crippen molar-refractivity contribution in [3.63, 3.8) is 0 Å². The topological polar surface area (TPSA) is 181 Å². The van der Waals surface area contributed by atoms with Crippen LogP contribution in [-0.4, -0.2) is 99.9 Å². The van der Waals surface area contributed by atoms with E-state index in [1.54, 1.807) is 52.3 Å². The molecule has 3 amide bonds. The van der Waals surface area contributed by atoms with E-state index in [-0.39, 0.29) is 43.8 Å². The Kier molecular flexibility index (Phi) is 11.5. The zero-order valence-corrected chi connectivity index (χ0v) is 38.0. The van der Waals surface area contributed by atoms with E-state index in [1.807, 2.05) is 83.8 Å². The second-order valence-corrected chi connectivity index (χ2v) is 18.6. The molecule has 15 heteroatoms. The van der Waals surface area contributed by atoms with Crippen molar-refractivity contribution in [2.45, 2.75) is 67.0 Å². The minimum absolute atomic E-state index is 0.0318. The van der Waals surface area contributed by atoms with E-state index < -0.39 is 83.4 Å². The summed E-state index contributed by atoms with van der Waals surface area (Å²) < 4.78 is 24.2. The molecule has 5 fully saturated rings. The van der Waals surface area contributed by atoms with E-state index in [1.165, 1.54) is 18.2 Å². The average molecular weight is 943 g/mol. The lowest BCUT2D eigenvalue weighted by atomic mass is 9.65. The summed E-state index contributed by atoms with van der Waals surface area (Å²) >= 11 is 0. The number of para-hydroxylation sites is 1. The van der Waals surface area contributed by atoms with E-state index in [9.17, 15) is 29.1 Å². The zero-order valence-electron chi connectivity index (χ0n) is 38.0. The van der Waals surface area contributed by atoms with Gasteiger partial charge in [-0.05, 0) is 77.4 Å². The summed E-state index contributed by atoms with van der Waals surface area (Å²) in [6, 6.07) is 34.6. The van der Waals surface area contributed by atoms with E-state index in [0.29, 0.717) is 41.1 Å². The van der Waals surface area contributed by atoms with Crippen molar-refractivity contribution < 1.29 is 52.8 Å². The Bertz CT molecular complexity index is 2880. The van der Waals surface area contributed by atoms with Gasteiger partial charge in [0, 0.05) is 12.2 Å². The number of phenols is 1. The van der Waals surface area contributed by atoms with Crippen LogP contribution in [0.2, 0.25) is 0 Å². The first-order valence-electron chi connectivity index (χ1n) is 23.7. The van der Waals surface area contributed by atoms with Crippen LogP contribution in [0.15, 0.2) is 146 Å². The summed E-state index contributed by atoms with van der Waals surface area (Å²) in [6.07, 6.45) is 2.01. The molecule has 1 spiro atoms. The van der Waals surface area contributed by atoms with Crippen molar-refractivity contribution in [2.75, 3.05) is 31.7 Å². The second kappa shape index (κ2) is 17.9. The Morgan fingerprint density at radius 2 is 1.40 bits per heavy atom. The number of carbonyl (C=O) groups excluding carboxylic acids is 6. The van der Waals surface area contributed by atoms with E-state index in [2.05, 4.69) is 11.9 Å². The largest absolute Gasteiger partial charge is 0.508 e. The normalized spacial score (nSPS) is 28.6. The van der Waals surface area contributed by atoms with E-state index in [4.69, 9.17) is 18.9 Å². The van der Waals surface area contributed by atoms with Crippen LogP contribution in [0.5, 0.6) is 11.5 Å². The fourth-order valence-electron chi connectivity index (χ4n) is 12.2. The van der Waals surface area contributed by atoms with Crippen molar-refractivity contribution in [2.24, 2.45) is 11.8 Å². The predicted molar refractivity (Wildman–Crippen MR) is 251 cm³/mol. The van der Waals surface area contributed by atoms with Crippen LogP contribution in [0.3, 0.4) is 0 Å². The lowest BCUT2D eigenvalue weighted by molar-refractivity contribution is -0.180. The number of hydrogen-bond donors (Lipinski definition) is 2. The summed E-state index contributed by atoms with van der Waals surface area (Å²) in [5.41, 5.74) is 2.13. The molecule has 15 nitrogen and oxygen atoms in total. The number of cyclic esters (lactones) is 1. The Hall–Kier alpha value is -7.78. The number of phenolic OH excluding ortho intramolecular Hbond substituents is 1. The number of benzene rings is 5. The number of carbonyl (C=O) groups is 6. The lowest BCUT2D eigenvalue weighted by Gasteiger charge is -2.46. The lowest BCUT2D eigenvalue weighted by Crippen LogP contribution is -2.60. The molecule has 0 aliphatic carbocycles. The van der Waals surface area contributed by atoms with Gasteiger partial charge in [0.1, 0.15) is 66.9 Å². The number of piperazine rings is 1. The monoisotopic (exact) mass is 942 g/mol. The molecule has 5 aromatic rings. The van der Waals surface area contributed by atoms with Crippen LogP contribution in [0.25, 0.3) is 0 Å². The summed E-state index contributed by atoms with van der Waals surface area (Å²) in [5, 5.41) is 13.1. The summed E-state index contributed by atoms with van der Waals surface area (Å²) in [5.74, 6) is -4.56. The summed E-state index contributed by atoms with van der Waals surface area (Å²) in [7, 11) is 0. The second-order valence-electron chi connectivity index (χ2n) is 18.6. The molecule has 6 aliphatic rings. The molecule has 0 bridgehead atoms. The third kappa shape index (κ3) is 7.12. The number of morpholine rings is 1. The van der Waals surface area contributed by atoms with Gasteiger partial charge in [-0.25, -0.2) is 0 Å². The molecule has 70 heavy (non-hydrogen) atoms. The first-order valence-corrected chi connectivity index (χ1v) is 23.7. The quantitative estimate of drug-likeness (QED) is 0.0620. The van der Waals surface area contributed by atoms with Crippen LogP contribution in [-0.2, 0) is 48.4 Å². The smallest absolute Gasteiger partial charge is 0.325 e. The van der Waals surface area contributed by atoms with Gasteiger partial charge in [0.2, 0.25) is 17.7 Å². The number of amides is 3. The van der Waals surface area contributed by atoms with Gasteiger partial charge in [-0.2, -0.15) is 0 Å². The molecule has 6 heterocycles. The first kappa shape index (κ1) is 44.7. The predicted octanol–water partition coefficient (Wildman–Crippen LogP) is 6.28. The van der Waals surface area contributed by atoms with Gasteiger partial charge in [-0.1, -0.05) is 116 Å². The summed E-state index contributed by atoms with van der Waals surface area (Å²) in [4.78, 5) is 91.3. The number of rotatable bonds is 12. The van der Waals surface area contributed by atoms with Crippen molar-refractivity contribution in [1.82, 2.24) is 14.7 Å². The highest BCUT2D eigenvalue weighted by Gasteiger charge is 2.74. The van der Waals surface area contributed by atoms with Gasteiger partial charge in [0.15, 0.2) is 0 Å². The number of fused-ring (bicyclic) bond motifs is 5. The van der Waals surface area contributed by atoms with Gasteiger partial charge >= 0.3 is 17.9 Å². The highest BCUT2D eigenvalue weighted by molar-refractivity contribution is 6.11. The van der Waals surface area contributed by atoms with Crippen LogP contribution in [0.4, 0.5) is 5.69 Å². The number of hydrogen-bond acceptors (Lipinski definition) is 12. The Labute approximate surface area is 403 Å². The molecule has 0 radical (unpaired) electrons. The standard InChI is InChI=1S/C55H50N4O11/c1-2-28-68-52(64)43-46-53(65)70-47(34-14-7-4-8-15-34)45(32-12-5-3-6-13-32)59(46)48(55(43)39-16-9-10-17-40(39)56-54(55)66)35-21-25-37(26-22-35)67-29-30-69-51(63)38-31-42-49(61)57-27-11-18-41(57)50(62)58(42)44(38)33-19-23-36(60)24-20-33/h2-10,12-17,19-26,38,41-48,60H,1,11,18,27-31H2,(H,56,66)/t38-,41+,42-,43+,44-,45+,46+,47-,48-,55+/m1/s1. The van der Waals surface area contributed by atoms with Crippen molar-refractivity contribution in [3.8, 4) is 11.5 Å². The Morgan fingerprint density at radius 3 is 2.13 bits per heavy atom. The van der Waals surface area contributed by atoms with Gasteiger partial charge < -0.3 is 39.2 Å². The molecule has 0 aromatic heterocycles. The molecule has 10 atom stereocenters. The summed E-state index contributed by atoms with van der Waals surface area (Å²) in [6.45, 7) is 3.90. The number of ether oxygens (including phenoxy) is 4. The van der Waals surface area contributed by atoms with Crippen LogP contribution < -0.4 is 10.1 Å². The highest BCUT2D eigenvalue weighted by Crippen LogP contribution is 2.65. The minimum Gasteiger partial charge on any atom is -0.508 e. The van der Waals surface area contributed by atoms with Crippen LogP contribution in [0, 0.1) is 11.8 Å². The van der Waals surface area contributed by atoms with E-state index in [0.717, 1.165) is 17.5 Å². The van der Waals surface area contributed by atoms with Gasteiger partial charge in [0.05, 0.1) is 24.0 Å². The van der Waals surface area contributed by atoms with Crippen molar-refractivity contribution in [1.29, 1.82) is 0 Å². The fourth-order valence-corrected chi connectivity index (χ4v) is 12.2. The first-order chi connectivity index (χ1) is 34.1. The molecule has 5 saturated heterocycles. The number of anilines is 1. The molecule has 6 aliphatic heterocycles. The molecular formula is C55H50N4O11. The van der Waals surface area contributed by atoms with Crippen molar-refractivity contribution >= 4 is 41.3 Å². The molecule has 5 aromatic carbocycles. The van der Waals surface area contributed by atoms with Gasteiger partial charge in [-0.15, -0.1) is 0 Å².